The van der Waals surface area contributed by atoms with E-state index in [0.717, 1.165) is 83.2 Å². The predicted molar refractivity (Wildman–Crippen MR) is 281 cm³/mol. The molecule has 5 nitrogen and oxygen atoms in total. The smallest absolute Gasteiger partial charge is 0.166 e. The number of rotatable bonds is 8. The van der Waals surface area contributed by atoms with Gasteiger partial charge in [0, 0.05) is 43.9 Å². The molecule has 0 aliphatic carbocycles. The number of benzene rings is 10. The molecule has 0 spiro atoms. The molecule has 3 aromatic heterocycles. The van der Waals surface area contributed by atoms with Gasteiger partial charge in [-0.05, 0) is 75.8 Å². The van der Waals surface area contributed by atoms with Crippen LogP contribution in [0.3, 0.4) is 0 Å². The molecule has 0 atom stereocenters. The van der Waals surface area contributed by atoms with Gasteiger partial charge in [0.2, 0.25) is 0 Å². The molecule has 13 aromatic rings. The van der Waals surface area contributed by atoms with E-state index in [0.29, 0.717) is 17.5 Å². The highest BCUT2D eigenvalue weighted by atomic mass is 15.1. The minimum Gasteiger partial charge on any atom is -0.309 e. The Bertz CT molecular complexity index is 3990. The molecular formula is C63H41N5. The topological polar surface area (TPSA) is 48.5 Å². The molecule has 0 unspecified atom stereocenters. The standard InChI is InChI=1S/C63H41N5/c1-5-17-42(18-6-1)45-29-31-47(32-30-45)62-64-61(46-23-11-4-12-24-46)65-63(66-62)55-26-14-16-28-57(55)68-59-40-49(44-21-9-3-10-22-44)34-37-53(59)54-38-35-50(41-60(54)68)67-56-27-15-13-25-51(56)52-36-33-48(39-58(52)67)43-19-7-2-8-20-43/h1-41H. The van der Waals surface area contributed by atoms with Crippen molar-refractivity contribution in [2.45, 2.75) is 0 Å². The molecule has 318 valence electrons. The zero-order valence-electron chi connectivity index (χ0n) is 36.9. The van der Waals surface area contributed by atoms with E-state index in [9.17, 15) is 0 Å². The maximum absolute atomic E-state index is 5.32. The van der Waals surface area contributed by atoms with Crippen LogP contribution in [0, 0.1) is 0 Å². The fraction of sp³-hybridized carbons (Fsp3) is 0. The lowest BCUT2D eigenvalue weighted by atomic mass is 10.0. The second kappa shape index (κ2) is 16.4. The van der Waals surface area contributed by atoms with Crippen LogP contribution in [-0.2, 0) is 0 Å². The van der Waals surface area contributed by atoms with E-state index >= 15 is 0 Å². The zero-order valence-corrected chi connectivity index (χ0v) is 36.9. The Morgan fingerprint density at radius 3 is 1.22 bits per heavy atom. The van der Waals surface area contributed by atoms with E-state index in [1.165, 1.54) is 21.9 Å². The molecule has 3 heterocycles. The Morgan fingerprint density at radius 2 is 0.618 bits per heavy atom. The first-order chi connectivity index (χ1) is 33.7. The Morgan fingerprint density at radius 1 is 0.235 bits per heavy atom. The maximum Gasteiger partial charge on any atom is 0.166 e. The summed E-state index contributed by atoms with van der Waals surface area (Å²) in [6.45, 7) is 0. The molecule has 0 aliphatic rings. The van der Waals surface area contributed by atoms with E-state index in [-0.39, 0.29) is 0 Å². The highest BCUT2D eigenvalue weighted by molar-refractivity contribution is 6.13. The number of aromatic nitrogens is 5. The van der Waals surface area contributed by atoms with Gasteiger partial charge in [0.1, 0.15) is 0 Å². The van der Waals surface area contributed by atoms with Crippen molar-refractivity contribution in [3.8, 4) is 78.9 Å². The molecule has 68 heavy (non-hydrogen) atoms. The molecular weight excluding hydrogens is 827 g/mol. The average Bonchev–Trinajstić information content (AvgIpc) is 3.93. The van der Waals surface area contributed by atoms with Crippen LogP contribution in [0.25, 0.3) is 123 Å². The van der Waals surface area contributed by atoms with Crippen molar-refractivity contribution < 1.29 is 0 Å². The average molecular weight is 868 g/mol. The van der Waals surface area contributed by atoms with Crippen molar-refractivity contribution in [2.75, 3.05) is 0 Å². The van der Waals surface area contributed by atoms with Gasteiger partial charge in [-0.15, -0.1) is 0 Å². The van der Waals surface area contributed by atoms with Gasteiger partial charge in [-0.3, -0.25) is 0 Å². The van der Waals surface area contributed by atoms with Crippen LogP contribution in [-0.4, -0.2) is 24.1 Å². The van der Waals surface area contributed by atoms with Crippen LogP contribution in [0.15, 0.2) is 249 Å². The summed E-state index contributed by atoms with van der Waals surface area (Å²) >= 11 is 0. The lowest BCUT2D eigenvalue weighted by molar-refractivity contribution is 1.06. The molecule has 0 aliphatic heterocycles. The fourth-order valence-electron chi connectivity index (χ4n) is 9.92. The summed E-state index contributed by atoms with van der Waals surface area (Å²) in [7, 11) is 0. The van der Waals surface area contributed by atoms with Gasteiger partial charge in [0.05, 0.1) is 27.8 Å². The Balaban J connectivity index is 1.05. The Hall–Kier alpha value is -9.19. The second-order valence-corrected chi connectivity index (χ2v) is 17.2. The summed E-state index contributed by atoms with van der Waals surface area (Å²) in [6.07, 6.45) is 0. The monoisotopic (exact) mass is 867 g/mol. The lowest BCUT2D eigenvalue weighted by Crippen LogP contribution is -2.04. The number of nitrogens with zero attached hydrogens (tertiary/aromatic N) is 5. The van der Waals surface area contributed by atoms with Crippen LogP contribution < -0.4 is 0 Å². The lowest BCUT2D eigenvalue weighted by Gasteiger charge is -2.16. The summed E-state index contributed by atoms with van der Waals surface area (Å²) in [6, 6.07) is 88.3. The van der Waals surface area contributed by atoms with Gasteiger partial charge in [0.25, 0.3) is 0 Å². The molecule has 0 bridgehead atoms. The van der Waals surface area contributed by atoms with Crippen molar-refractivity contribution in [3.05, 3.63) is 249 Å². The van der Waals surface area contributed by atoms with E-state index in [1.807, 2.05) is 24.3 Å². The third-order valence-corrected chi connectivity index (χ3v) is 13.2. The van der Waals surface area contributed by atoms with Gasteiger partial charge in [-0.1, -0.05) is 206 Å². The molecule has 0 amide bonds. The van der Waals surface area contributed by atoms with Gasteiger partial charge in [0.15, 0.2) is 17.5 Å². The van der Waals surface area contributed by atoms with Crippen molar-refractivity contribution in [2.24, 2.45) is 0 Å². The quantitative estimate of drug-likeness (QED) is 0.153. The molecule has 0 saturated heterocycles. The van der Waals surface area contributed by atoms with Crippen LogP contribution >= 0.6 is 0 Å². The molecule has 0 radical (unpaired) electrons. The van der Waals surface area contributed by atoms with Gasteiger partial charge in [-0.25, -0.2) is 15.0 Å². The van der Waals surface area contributed by atoms with E-state index < -0.39 is 0 Å². The van der Waals surface area contributed by atoms with Crippen molar-refractivity contribution in [1.29, 1.82) is 0 Å². The minimum atomic E-state index is 0.595. The van der Waals surface area contributed by atoms with Crippen molar-refractivity contribution in [1.82, 2.24) is 24.1 Å². The fourth-order valence-corrected chi connectivity index (χ4v) is 9.92. The van der Waals surface area contributed by atoms with Crippen molar-refractivity contribution >= 4 is 43.6 Å². The number of hydrogen-bond acceptors (Lipinski definition) is 3. The summed E-state index contributed by atoms with van der Waals surface area (Å²) in [5, 5.41) is 4.75. The first kappa shape index (κ1) is 39.2. The Labute approximate surface area is 393 Å². The normalized spacial score (nSPS) is 11.5. The van der Waals surface area contributed by atoms with Crippen LogP contribution in [0.4, 0.5) is 0 Å². The van der Waals surface area contributed by atoms with Crippen LogP contribution in [0.5, 0.6) is 0 Å². The summed E-state index contributed by atoms with van der Waals surface area (Å²) in [5.41, 5.74) is 16.2. The summed E-state index contributed by atoms with van der Waals surface area (Å²) in [4.78, 5) is 15.7. The highest BCUT2D eigenvalue weighted by Gasteiger charge is 2.22. The largest absolute Gasteiger partial charge is 0.309 e. The SMILES string of the molecule is c1ccc(-c2ccc(-c3nc(-c4ccccc4)nc(-c4ccccc4-n4c5cc(-c6ccccc6)ccc5c5ccc(-n6c7ccccc7c7ccc(-c8ccccc8)cc76)cc54)n3)cc2)cc1. The van der Waals surface area contributed by atoms with Gasteiger partial charge in [-0.2, -0.15) is 0 Å². The van der Waals surface area contributed by atoms with Crippen LogP contribution in [0.2, 0.25) is 0 Å². The molecule has 10 aromatic carbocycles. The number of hydrogen-bond donors (Lipinski definition) is 0. The molecule has 0 N–H and O–H groups in total. The Kier molecular flexibility index (Phi) is 9.43. The predicted octanol–water partition coefficient (Wildman–Crippen LogP) is 16.1. The minimum absolute atomic E-state index is 0.595. The highest BCUT2D eigenvalue weighted by Crippen LogP contribution is 2.41. The molecule has 5 heteroatoms. The van der Waals surface area contributed by atoms with E-state index in [1.54, 1.807) is 0 Å². The molecule has 0 saturated carbocycles. The van der Waals surface area contributed by atoms with Crippen LogP contribution in [0.1, 0.15) is 0 Å². The number of fused-ring (bicyclic) bond motifs is 6. The number of para-hydroxylation sites is 2. The molecule has 0 fully saturated rings. The third kappa shape index (κ3) is 6.76. The van der Waals surface area contributed by atoms with Gasteiger partial charge < -0.3 is 9.13 Å². The van der Waals surface area contributed by atoms with E-state index in [4.69, 9.17) is 15.0 Å². The summed E-state index contributed by atoms with van der Waals surface area (Å²) < 4.78 is 4.84. The van der Waals surface area contributed by atoms with E-state index in [2.05, 4.69) is 234 Å². The van der Waals surface area contributed by atoms with Crippen molar-refractivity contribution in [3.63, 3.8) is 0 Å². The summed E-state index contributed by atoms with van der Waals surface area (Å²) in [5.74, 6) is 1.82. The second-order valence-electron chi connectivity index (χ2n) is 17.2. The first-order valence-corrected chi connectivity index (χ1v) is 23.0. The third-order valence-electron chi connectivity index (χ3n) is 13.2. The molecule has 13 rings (SSSR count). The maximum atomic E-state index is 5.32. The van der Waals surface area contributed by atoms with Gasteiger partial charge >= 0.3 is 0 Å². The first-order valence-electron chi connectivity index (χ1n) is 23.0. The zero-order chi connectivity index (χ0) is 45.0.